The number of hydrogen-bond acceptors (Lipinski definition) is 5. The van der Waals surface area contributed by atoms with Gasteiger partial charge in [0.05, 0.1) is 23.1 Å². The smallest absolute Gasteiger partial charge is 0.312 e. The Bertz CT molecular complexity index is 1090. The van der Waals surface area contributed by atoms with E-state index < -0.39 is 4.92 Å². The molecule has 0 unspecified atom stereocenters. The summed E-state index contributed by atoms with van der Waals surface area (Å²) in [6.45, 7) is 3.64. The van der Waals surface area contributed by atoms with Crippen LogP contribution in [0.25, 0.3) is 0 Å². The van der Waals surface area contributed by atoms with Crippen molar-refractivity contribution in [1.82, 2.24) is 9.78 Å². The minimum Gasteiger partial charge on any atom is -0.322 e. The highest BCUT2D eigenvalue weighted by Crippen LogP contribution is 2.22. The van der Waals surface area contributed by atoms with Crippen molar-refractivity contribution in [3.63, 3.8) is 0 Å². The highest BCUT2D eigenvalue weighted by atomic mass is 16.6. The summed E-state index contributed by atoms with van der Waals surface area (Å²) in [7, 11) is 0. The van der Waals surface area contributed by atoms with Gasteiger partial charge in [-0.1, -0.05) is 18.2 Å². The Hall–Kier alpha value is -3.99. The minimum atomic E-state index is -0.428. The number of hydrogen-bond donors (Lipinski definition) is 1. The van der Waals surface area contributed by atoms with Gasteiger partial charge in [0.1, 0.15) is 11.4 Å². The molecule has 0 aliphatic carbocycles. The van der Waals surface area contributed by atoms with Gasteiger partial charge in [0.25, 0.3) is 5.91 Å². The highest BCUT2D eigenvalue weighted by Gasteiger charge is 2.21. The normalized spacial score (nSPS) is 10.3. The molecule has 0 aliphatic rings. The number of nitro groups is 1. The van der Waals surface area contributed by atoms with Crippen LogP contribution >= 0.6 is 0 Å². The number of nitrogens with zero attached hydrogens (tertiary/aromatic N) is 4. The molecule has 2 aromatic carbocycles. The van der Waals surface area contributed by atoms with Gasteiger partial charge in [-0.3, -0.25) is 19.6 Å². The van der Waals surface area contributed by atoms with Crippen LogP contribution in [-0.4, -0.2) is 20.6 Å². The lowest BCUT2D eigenvalue weighted by atomic mass is 10.1. The third-order valence-corrected chi connectivity index (χ3v) is 4.32. The quantitative estimate of drug-likeness (QED) is 0.541. The molecule has 28 heavy (non-hydrogen) atoms. The number of rotatable bonds is 5. The lowest BCUT2D eigenvalue weighted by molar-refractivity contribution is -0.386. The maximum Gasteiger partial charge on any atom is 0.312 e. The van der Waals surface area contributed by atoms with Crippen molar-refractivity contribution in [2.45, 2.75) is 20.4 Å². The molecule has 0 fully saturated rings. The van der Waals surface area contributed by atoms with Crippen LogP contribution < -0.4 is 5.32 Å². The summed E-state index contributed by atoms with van der Waals surface area (Å²) in [5.41, 5.74) is 3.22. The van der Waals surface area contributed by atoms with E-state index in [-0.39, 0.29) is 11.6 Å². The molecule has 8 nitrogen and oxygen atoms in total. The van der Waals surface area contributed by atoms with Crippen molar-refractivity contribution < 1.29 is 9.72 Å². The molecule has 8 heteroatoms. The monoisotopic (exact) mass is 375 g/mol. The standard InChI is InChI=1S/C20H17N5O3/c1-13-19(25(27)28)14(2)24(23-13)12-15-6-8-17(9-7-15)20(26)22-18-5-3-4-16(10-18)11-21/h3-10H,12H2,1-2H3,(H,22,26). The Balaban J connectivity index is 1.73. The van der Waals surface area contributed by atoms with Crippen LogP contribution in [0.2, 0.25) is 0 Å². The molecule has 1 heterocycles. The number of aromatic nitrogens is 2. The second-order valence-electron chi connectivity index (χ2n) is 6.28. The van der Waals surface area contributed by atoms with E-state index in [1.807, 2.05) is 6.07 Å². The first-order valence-corrected chi connectivity index (χ1v) is 8.48. The van der Waals surface area contributed by atoms with Gasteiger partial charge in [-0.2, -0.15) is 10.4 Å². The molecule has 0 radical (unpaired) electrons. The fourth-order valence-electron chi connectivity index (χ4n) is 2.91. The predicted molar refractivity (Wildman–Crippen MR) is 103 cm³/mol. The SMILES string of the molecule is Cc1nn(Cc2ccc(C(=O)Nc3cccc(C#N)c3)cc2)c(C)c1[N+](=O)[O-]. The summed E-state index contributed by atoms with van der Waals surface area (Å²) in [6.07, 6.45) is 0. The summed E-state index contributed by atoms with van der Waals surface area (Å²) in [6, 6.07) is 15.6. The van der Waals surface area contributed by atoms with Crippen molar-refractivity contribution in [2.75, 3.05) is 5.32 Å². The molecule has 0 bridgehead atoms. The third-order valence-electron chi connectivity index (χ3n) is 4.32. The second-order valence-corrected chi connectivity index (χ2v) is 6.28. The van der Waals surface area contributed by atoms with E-state index in [1.165, 1.54) is 0 Å². The molecule has 0 saturated heterocycles. The van der Waals surface area contributed by atoms with E-state index in [0.717, 1.165) is 5.56 Å². The fraction of sp³-hybridized carbons (Fsp3) is 0.150. The van der Waals surface area contributed by atoms with Crippen LogP contribution in [0.4, 0.5) is 11.4 Å². The van der Waals surface area contributed by atoms with Gasteiger partial charge in [0, 0.05) is 11.3 Å². The van der Waals surface area contributed by atoms with Gasteiger partial charge in [0.2, 0.25) is 0 Å². The molecule has 0 atom stereocenters. The molecule has 1 N–H and O–H groups in total. The number of benzene rings is 2. The maximum absolute atomic E-state index is 12.4. The zero-order valence-electron chi connectivity index (χ0n) is 15.3. The number of aryl methyl sites for hydroxylation is 1. The van der Waals surface area contributed by atoms with Gasteiger partial charge in [-0.25, -0.2) is 0 Å². The first kappa shape index (κ1) is 18.8. The van der Waals surface area contributed by atoms with Crippen molar-refractivity contribution in [3.8, 4) is 6.07 Å². The summed E-state index contributed by atoms with van der Waals surface area (Å²) in [5, 5.41) is 27.0. The predicted octanol–water partition coefficient (Wildman–Crippen LogP) is 3.58. The van der Waals surface area contributed by atoms with Crippen LogP contribution in [0.5, 0.6) is 0 Å². The van der Waals surface area contributed by atoms with E-state index >= 15 is 0 Å². The molecule has 1 amide bonds. The summed E-state index contributed by atoms with van der Waals surface area (Å²) in [4.78, 5) is 23.1. The van der Waals surface area contributed by atoms with Crippen LogP contribution in [0, 0.1) is 35.3 Å². The van der Waals surface area contributed by atoms with Crippen LogP contribution in [-0.2, 0) is 6.54 Å². The Morgan fingerprint density at radius 2 is 1.96 bits per heavy atom. The molecule has 0 spiro atoms. The molecular formula is C20H17N5O3. The number of carbonyl (C=O) groups is 1. The van der Waals surface area contributed by atoms with E-state index in [1.54, 1.807) is 67.1 Å². The molecule has 0 saturated carbocycles. The van der Waals surface area contributed by atoms with Gasteiger partial charge < -0.3 is 5.32 Å². The number of nitriles is 1. The zero-order chi connectivity index (χ0) is 20.3. The lowest BCUT2D eigenvalue weighted by Crippen LogP contribution is -2.12. The van der Waals surface area contributed by atoms with E-state index in [2.05, 4.69) is 10.4 Å². The summed E-state index contributed by atoms with van der Waals surface area (Å²) in [5.74, 6) is -0.289. The number of carbonyl (C=O) groups excluding carboxylic acids is 1. The molecule has 3 aromatic rings. The number of anilines is 1. The zero-order valence-corrected chi connectivity index (χ0v) is 15.3. The van der Waals surface area contributed by atoms with Crippen molar-refractivity contribution in [1.29, 1.82) is 5.26 Å². The Labute approximate surface area is 161 Å². The Kier molecular flexibility index (Phi) is 5.18. The van der Waals surface area contributed by atoms with Crippen LogP contribution in [0.1, 0.15) is 32.9 Å². The topological polar surface area (TPSA) is 114 Å². The van der Waals surface area contributed by atoms with Crippen molar-refractivity contribution >= 4 is 17.3 Å². The van der Waals surface area contributed by atoms with Gasteiger partial charge in [-0.15, -0.1) is 0 Å². The van der Waals surface area contributed by atoms with E-state index in [4.69, 9.17) is 5.26 Å². The minimum absolute atomic E-state index is 0.0237. The Morgan fingerprint density at radius 3 is 2.57 bits per heavy atom. The maximum atomic E-state index is 12.4. The number of amides is 1. The Morgan fingerprint density at radius 1 is 1.25 bits per heavy atom. The van der Waals surface area contributed by atoms with Crippen LogP contribution in [0.3, 0.4) is 0 Å². The van der Waals surface area contributed by atoms with Gasteiger partial charge >= 0.3 is 5.69 Å². The molecule has 3 rings (SSSR count). The average Bonchev–Trinajstić information content (AvgIpc) is 2.95. The molecule has 1 aromatic heterocycles. The largest absolute Gasteiger partial charge is 0.322 e. The fourth-order valence-corrected chi connectivity index (χ4v) is 2.91. The third kappa shape index (κ3) is 3.88. The molecule has 0 aliphatic heterocycles. The number of nitrogens with one attached hydrogen (secondary N) is 1. The van der Waals surface area contributed by atoms with Crippen molar-refractivity contribution in [2.24, 2.45) is 0 Å². The van der Waals surface area contributed by atoms with Crippen LogP contribution in [0.15, 0.2) is 48.5 Å². The lowest BCUT2D eigenvalue weighted by Gasteiger charge is -2.07. The van der Waals surface area contributed by atoms with Gasteiger partial charge in [0.15, 0.2) is 0 Å². The first-order valence-electron chi connectivity index (χ1n) is 8.48. The van der Waals surface area contributed by atoms with E-state index in [0.29, 0.717) is 34.7 Å². The van der Waals surface area contributed by atoms with E-state index in [9.17, 15) is 14.9 Å². The summed E-state index contributed by atoms with van der Waals surface area (Å²) >= 11 is 0. The molecule has 140 valence electrons. The van der Waals surface area contributed by atoms with Gasteiger partial charge in [-0.05, 0) is 49.7 Å². The molecular weight excluding hydrogens is 358 g/mol. The van der Waals surface area contributed by atoms with Crippen molar-refractivity contribution in [3.05, 3.63) is 86.7 Å². The average molecular weight is 375 g/mol. The highest BCUT2D eigenvalue weighted by molar-refractivity contribution is 6.04. The second kappa shape index (κ2) is 7.72. The first-order chi connectivity index (χ1) is 13.4. The summed E-state index contributed by atoms with van der Waals surface area (Å²) < 4.78 is 1.58.